The highest BCUT2D eigenvalue weighted by molar-refractivity contribution is 5.33. The van der Waals surface area contributed by atoms with E-state index in [1.54, 1.807) is 5.57 Å². The lowest BCUT2D eigenvalue weighted by molar-refractivity contribution is 0.196. The molecule has 3 unspecified atom stereocenters. The predicted molar refractivity (Wildman–Crippen MR) is 85.1 cm³/mol. The van der Waals surface area contributed by atoms with Gasteiger partial charge in [-0.15, -0.1) is 0 Å². The van der Waals surface area contributed by atoms with Gasteiger partial charge in [0.1, 0.15) is 0 Å². The number of hydrogen-bond donors (Lipinski definition) is 0. The maximum Gasteiger partial charge on any atom is -0.0111 e. The molecule has 0 aliphatic heterocycles. The molecule has 2 aliphatic carbocycles. The standard InChI is InChI=1S/C19H32/c1-6-14(7-2)11-18(19(4,5)8-3)16-10-9-15-12-17(15)13-16/h9-10,13-15,17-18H,6-8,11-12H2,1-5H3. The average Bonchev–Trinajstić information content (AvgIpc) is 3.18. The summed E-state index contributed by atoms with van der Waals surface area (Å²) in [7, 11) is 0. The normalized spacial score (nSPS) is 27.2. The van der Waals surface area contributed by atoms with Crippen LogP contribution in [0.5, 0.6) is 0 Å². The van der Waals surface area contributed by atoms with E-state index >= 15 is 0 Å². The summed E-state index contributed by atoms with van der Waals surface area (Å²) in [6.45, 7) is 12.0. The third-order valence-corrected chi connectivity index (χ3v) is 5.81. The summed E-state index contributed by atoms with van der Waals surface area (Å²) in [4.78, 5) is 0. The largest absolute Gasteiger partial charge is 0.0805 e. The van der Waals surface area contributed by atoms with Crippen LogP contribution < -0.4 is 0 Å². The molecule has 0 heteroatoms. The maximum atomic E-state index is 2.61. The smallest absolute Gasteiger partial charge is 0.0111 e. The van der Waals surface area contributed by atoms with E-state index in [1.807, 2.05) is 0 Å². The van der Waals surface area contributed by atoms with E-state index in [-0.39, 0.29) is 0 Å². The summed E-state index contributed by atoms with van der Waals surface area (Å²) in [5.74, 6) is 3.42. The van der Waals surface area contributed by atoms with Crippen molar-refractivity contribution in [3.63, 3.8) is 0 Å². The molecular formula is C19H32. The van der Waals surface area contributed by atoms with Gasteiger partial charge in [0.2, 0.25) is 0 Å². The summed E-state index contributed by atoms with van der Waals surface area (Å²) >= 11 is 0. The van der Waals surface area contributed by atoms with E-state index in [0.29, 0.717) is 5.41 Å². The van der Waals surface area contributed by atoms with Gasteiger partial charge in [-0.05, 0) is 47.5 Å². The Bertz CT molecular complexity index is 354. The Hall–Kier alpha value is -0.520. The number of rotatable bonds is 7. The summed E-state index contributed by atoms with van der Waals surface area (Å²) in [6, 6.07) is 0. The van der Waals surface area contributed by atoms with Gasteiger partial charge in [-0.2, -0.15) is 0 Å². The highest BCUT2D eigenvalue weighted by Crippen LogP contribution is 2.49. The van der Waals surface area contributed by atoms with Gasteiger partial charge in [0.05, 0.1) is 0 Å². The molecular weight excluding hydrogens is 228 g/mol. The van der Waals surface area contributed by atoms with Gasteiger partial charge in [-0.3, -0.25) is 0 Å². The zero-order chi connectivity index (χ0) is 14.0. The van der Waals surface area contributed by atoms with Gasteiger partial charge in [-0.25, -0.2) is 0 Å². The third-order valence-electron chi connectivity index (χ3n) is 5.81. The Morgan fingerprint density at radius 1 is 1.16 bits per heavy atom. The van der Waals surface area contributed by atoms with Crippen LogP contribution in [0.2, 0.25) is 0 Å². The van der Waals surface area contributed by atoms with Gasteiger partial charge >= 0.3 is 0 Å². The van der Waals surface area contributed by atoms with Crippen molar-refractivity contribution in [1.82, 2.24) is 0 Å². The molecule has 0 radical (unpaired) electrons. The Morgan fingerprint density at radius 2 is 1.84 bits per heavy atom. The minimum absolute atomic E-state index is 0.431. The summed E-state index contributed by atoms with van der Waals surface area (Å²) in [5, 5.41) is 0. The first-order valence-electron chi connectivity index (χ1n) is 8.41. The molecule has 0 aromatic carbocycles. The fraction of sp³-hybridized carbons (Fsp3) is 0.789. The molecule has 3 atom stereocenters. The Labute approximate surface area is 120 Å². The molecule has 0 nitrogen and oxygen atoms in total. The molecule has 0 saturated heterocycles. The number of fused-ring (bicyclic) bond motifs is 1. The number of hydrogen-bond acceptors (Lipinski definition) is 0. The van der Waals surface area contributed by atoms with Crippen LogP contribution in [0, 0.1) is 29.1 Å². The van der Waals surface area contributed by atoms with Gasteiger partial charge in [0.25, 0.3) is 0 Å². The summed E-state index contributed by atoms with van der Waals surface area (Å²) in [5.41, 5.74) is 2.08. The van der Waals surface area contributed by atoms with Crippen LogP contribution in [-0.4, -0.2) is 0 Å². The van der Waals surface area contributed by atoms with Crippen molar-refractivity contribution in [3.8, 4) is 0 Å². The van der Waals surface area contributed by atoms with E-state index in [1.165, 1.54) is 32.1 Å². The highest BCUT2D eigenvalue weighted by atomic mass is 14.4. The topological polar surface area (TPSA) is 0 Å². The first-order valence-corrected chi connectivity index (χ1v) is 8.41. The van der Waals surface area contributed by atoms with Crippen molar-refractivity contribution >= 4 is 0 Å². The quantitative estimate of drug-likeness (QED) is 0.527. The molecule has 0 aromatic rings. The second-order valence-electron chi connectivity index (χ2n) is 7.40. The Balaban J connectivity index is 2.16. The number of allylic oxidation sites excluding steroid dienone is 4. The molecule has 2 rings (SSSR count). The van der Waals surface area contributed by atoms with Gasteiger partial charge in [0, 0.05) is 0 Å². The van der Waals surface area contributed by atoms with Crippen molar-refractivity contribution in [2.45, 2.75) is 66.7 Å². The first kappa shape index (κ1) is 14.9. The third kappa shape index (κ3) is 3.33. The van der Waals surface area contributed by atoms with Crippen molar-refractivity contribution in [1.29, 1.82) is 0 Å². The van der Waals surface area contributed by atoms with E-state index in [9.17, 15) is 0 Å². The maximum absolute atomic E-state index is 2.61. The second kappa shape index (κ2) is 5.85. The van der Waals surface area contributed by atoms with E-state index in [0.717, 1.165) is 23.7 Å². The molecule has 0 spiro atoms. The second-order valence-corrected chi connectivity index (χ2v) is 7.40. The SMILES string of the molecule is CCC(CC)CC(C1=CC2CC2C=C1)C(C)(C)CC. The van der Waals surface area contributed by atoms with Crippen molar-refractivity contribution in [2.24, 2.45) is 29.1 Å². The van der Waals surface area contributed by atoms with E-state index < -0.39 is 0 Å². The average molecular weight is 260 g/mol. The molecule has 19 heavy (non-hydrogen) atoms. The molecule has 0 amide bonds. The van der Waals surface area contributed by atoms with E-state index in [4.69, 9.17) is 0 Å². The van der Waals surface area contributed by atoms with Crippen molar-refractivity contribution in [3.05, 3.63) is 23.8 Å². The van der Waals surface area contributed by atoms with Crippen LogP contribution in [0.4, 0.5) is 0 Å². The minimum Gasteiger partial charge on any atom is -0.0805 e. The molecule has 108 valence electrons. The minimum atomic E-state index is 0.431. The zero-order valence-corrected chi connectivity index (χ0v) is 13.6. The Morgan fingerprint density at radius 3 is 2.37 bits per heavy atom. The van der Waals surface area contributed by atoms with Crippen LogP contribution in [0.1, 0.15) is 66.7 Å². The van der Waals surface area contributed by atoms with Crippen LogP contribution in [0.3, 0.4) is 0 Å². The zero-order valence-electron chi connectivity index (χ0n) is 13.6. The molecule has 0 aromatic heterocycles. The van der Waals surface area contributed by atoms with Crippen LogP contribution >= 0.6 is 0 Å². The van der Waals surface area contributed by atoms with Crippen molar-refractivity contribution < 1.29 is 0 Å². The monoisotopic (exact) mass is 260 g/mol. The fourth-order valence-corrected chi connectivity index (χ4v) is 3.53. The molecule has 0 bridgehead atoms. The lowest BCUT2D eigenvalue weighted by Crippen LogP contribution is -2.27. The van der Waals surface area contributed by atoms with Crippen molar-refractivity contribution in [2.75, 3.05) is 0 Å². The van der Waals surface area contributed by atoms with Gasteiger partial charge in [-0.1, -0.05) is 72.1 Å². The van der Waals surface area contributed by atoms with Crippen LogP contribution in [0.25, 0.3) is 0 Å². The van der Waals surface area contributed by atoms with Crippen LogP contribution in [-0.2, 0) is 0 Å². The fourth-order valence-electron chi connectivity index (χ4n) is 3.53. The summed E-state index contributed by atoms with van der Waals surface area (Å²) in [6.07, 6.45) is 14.3. The molecule has 0 heterocycles. The molecule has 0 N–H and O–H groups in total. The first-order chi connectivity index (χ1) is 9.01. The lowest BCUT2D eigenvalue weighted by atomic mass is 9.68. The highest BCUT2D eigenvalue weighted by Gasteiger charge is 2.39. The molecule has 1 fully saturated rings. The van der Waals surface area contributed by atoms with Gasteiger partial charge < -0.3 is 0 Å². The van der Waals surface area contributed by atoms with Gasteiger partial charge in [0.15, 0.2) is 0 Å². The lowest BCUT2D eigenvalue weighted by Gasteiger charge is -2.37. The van der Waals surface area contributed by atoms with Crippen LogP contribution in [0.15, 0.2) is 23.8 Å². The molecule has 2 aliphatic rings. The summed E-state index contributed by atoms with van der Waals surface area (Å²) < 4.78 is 0. The Kier molecular flexibility index (Phi) is 4.58. The molecule has 1 saturated carbocycles. The predicted octanol–water partition coefficient (Wildman–Crippen LogP) is 6.00. The van der Waals surface area contributed by atoms with E-state index in [2.05, 4.69) is 52.8 Å².